The Balaban J connectivity index is 0.00000441. The lowest BCUT2D eigenvalue weighted by Gasteiger charge is -2.09. The molecule has 1 aromatic rings. The molecule has 1 atom stereocenters. The maximum absolute atomic E-state index is 12.1. The van der Waals surface area contributed by atoms with E-state index in [2.05, 4.69) is 4.74 Å². The van der Waals surface area contributed by atoms with Gasteiger partial charge in [-0.05, 0) is 12.0 Å². The number of ether oxygens (including phenoxy) is 1. The summed E-state index contributed by atoms with van der Waals surface area (Å²) in [6.45, 7) is 1.71. The summed E-state index contributed by atoms with van der Waals surface area (Å²) in [5.41, 5.74) is 1.00. The number of halogens is 2. The zero-order chi connectivity index (χ0) is 16.0. The molecule has 0 saturated heterocycles. The molecule has 6 heteroatoms. The van der Waals surface area contributed by atoms with Gasteiger partial charge >= 0.3 is 5.97 Å². The van der Waals surface area contributed by atoms with Crippen LogP contribution < -0.4 is 0 Å². The minimum atomic E-state index is -3.13. The number of carbonyl (C=O) groups excluding carboxylic acids is 3. The minimum Gasteiger partial charge on any atom is -0.469 e. The largest absolute Gasteiger partial charge is 0.469 e. The molecule has 0 bridgehead atoms. The molecule has 0 N–H and O–H groups in total. The fourth-order valence-corrected chi connectivity index (χ4v) is 1.80. The molecule has 22 heavy (non-hydrogen) atoms. The molecule has 0 radical (unpaired) electrons. The summed E-state index contributed by atoms with van der Waals surface area (Å²) in [4.78, 5) is 33.7. The van der Waals surface area contributed by atoms with Gasteiger partial charge in [0.25, 0.3) is 6.43 Å². The lowest BCUT2D eigenvalue weighted by molar-refractivity contribution is -0.144. The van der Waals surface area contributed by atoms with Crippen molar-refractivity contribution in [2.75, 3.05) is 7.11 Å². The molecule has 1 aromatic carbocycles. The van der Waals surface area contributed by atoms with Gasteiger partial charge in [0.2, 0.25) is 5.78 Å². The van der Waals surface area contributed by atoms with Crippen molar-refractivity contribution < 1.29 is 27.9 Å². The van der Waals surface area contributed by atoms with E-state index in [-0.39, 0.29) is 24.9 Å². The van der Waals surface area contributed by atoms with E-state index < -0.39 is 24.4 Å². The number of methoxy groups -OCH3 is 1. The first-order chi connectivity index (χ1) is 9.85. The van der Waals surface area contributed by atoms with E-state index in [4.69, 9.17) is 0 Å². The first-order valence-electron chi connectivity index (χ1n) is 6.36. The zero-order valence-electron chi connectivity index (χ0n) is 11.8. The minimum absolute atomic E-state index is 0. The first kappa shape index (κ1) is 19.9. The molecule has 1 unspecified atom stereocenters. The number of rotatable bonds is 7. The van der Waals surface area contributed by atoms with Gasteiger partial charge in [0.15, 0.2) is 5.78 Å². The van der Waals surface area contributed by atoms with Gasteiger partial charge in [-0.3, -0.25) is 14.4 Å². The van der Waals surface area contributed by atoms with Gasteiger partial charge in [-0.2, -0.15) is 0 Å². The van der Waals surface area contributed by atoms with E-state index >= 15 is 0 Å². The molecule has 0 aliphatic heterocycles. The third kappa shape index (κ3) is 5.71. The third-order valence-corrected chi connectivity index (χ3v) is 3.00. The lowest BCUT2D eigenvalue weighted by Crippen LogP contribution is -2.16. The van der Waals surface area contributed by atoms with Crippen molar-refractivity contribution >= 4 is 17.5 Å². The van der Waals surface area contributed by atoms with Crippen LogP contribution in [0.1, 0.15) is 36.7 Å². The summed E-state index contributed by atoms with van der Waals surface area (Å²) < 4.78 is 28.8. The topological polar surface area (TPSA) is 60.4 Å². The Bertz CT molecular complexity index is 523. The molecule has 0 amide bonds. The first-order valence-corrected chi connectivity index (χ1v) is 6.36. The van der Waals surface area contributed by atoms with Gasteiger partial charge < -0.3 is 4.74 Å². The van der Waals surface area contributed by atoms with Crippen LogP contribution in [0.3, 0.4) is 0 Å². The van der Waals surface area contributed by atoms with Crippen LogP contribution in [-0.2, 0) is 20.7 Å². The maximum atomic E-state index is 12.1. The van der Waals surface area contributed by atoms with E-state index in [1.165, 1.54) is 19.2 Å². The Morgan fingerprint density at radius 3 is 2.14 bits per heavy atom. The van der Waals surface area contributed by atoms with Crippen LogP contribution in [0.15, 0.2) is 24.3 Å². The predicted molar refractivity (Wildman–Crippen MR) is 78.0 cm³/mol. The van der Waals surface area contributed by atoms with Crippen molar-refractivity contribution in [3.8, 4) is 0 Å². The number of alkyl halides is 2. The van der Waals surface area contributed by atoms with Crippen LogP contribution in [0, 0.1) is 5.92 Å². The quantitative estimate of drug-likeness (QED) is 0.441. The van der Waals surface area contributed by atoms with E-state index in [0.717, 1.165) is 5.56 Å². The number of carbonyl (C=O) groups is 3. The Kier molecular flexibility index (Phi) is 8.15. The van der Waals surface area contributed by atoms with Gasteiger partial charge in [0, 0.05) is 5.56 Å². The van der Waals surface area contributed by atoms with Gasteiger partial charge in [-0.25, -0.2) is 8.78 Å². The molecule has 0 saturated carbocycles. The highest BCUT2D eigenvalue weighted by Gasteiger charge is 2.20. The van der Waals surface area contributed by atoms with Crippen molar-refractivity contribution in [1.82, 2.24) is 0 Å². The fourth-order valence-electron chi connectivity index (χ4n) is 1.80. The smallest absolute Gasteiger partial charge is 0.308 e. The number of Topliss-reactive ketones (excluding diaryl/α,β-unsaturated/α-hetero) is 2. The summed E-state index contributed by atoms with van der Waals surface area (Å²) in [6.07, 6.45) is -3.50. The second kappa shape index (κ2) is 9.02. The van der Waals surface area contributed by atoms with Crippen LogP contribution in [0.4, 0.5) is 8.78 Å². The zero-order valence-corrected chi connectivity index (χ0v) is 11.8. The Morgan fingerprint density at radius 1 is 1.14 bits per heavy atom. The monoisotopic (exact) mass is 314 g/mol. The van der Waals surface area contributed by atoms with E-state index in [1.54, 1.807) is 19.1 Å². The Hall–Kier alpha value is -2.11. The molecule has 0 heterocycles. The normalized spacial score (nSPS) is 11.5. The fraction of sp³-hybridized carbons (Fsp3) is 0.438. The molecular formula is C16H20F2O4. The maximum Gasteiger partial charge on any atom is 0.308 e. The van der Waals surface area contributed by atoms with Gasteiger partial charge in [-0.15, -0.1) is 0 Å². The summed E-state index contributed by atoms with van der Waals surface area (Å²) in [5.74, 6) is -2.69. The van der Waals surface area contributed by atoms with Crippen molar-refractivity contribution in [3.05, 3.63) is 35.4 Å². The molecule has 0 fully saturated rings. The lowest BCUT2D eigenvalue weighted by atomic mass is 9.98. The molecule has 4 nitrogen and oxygen atoms in total. The number of benzene rings is 1. The SMILES string of the molecule is C.COC(=O)C(C)Cc1ccc(C(=O)CC(=O)C(F)F)cc1. The summed E-state index contributed by atoms with van der Waals surface area (Å²) in [5, 5.41) is 0. The second-order valence-corrected chi connectivity index (χ2v) is 4.69. The standard InChI is InChI=1S/C15H16F2O4.CH4/c1-9(15(20)21-2)7-10-3-5-11(6-4-10)12(18)8-13(19)14(16)17;/h3-6,9,14H,7-8H2,1-2H3;1H4. The van der Waals surface area contributed by atoms with Gasteiger partial charge in [-0.1, -0.05) is 38.6 Å². The molecule has 0 aromatic heterocycles. The number of esters is 1. The highest BCUT2D eigenvalue weighted by molar-refractivity contribution is 6.08. The van der Waals surface area contributed by atoms with Crippen LogP contribution in [-0.4, -0.2) is 31.1 Å². The predicted octanol–water partition coefficient (Wildman–Crippen LogP) is 3.08. The van der Waals surface area contributed by atoms with Crippen LogP contribution in [0.25, 0.3) is 0 Å². The van der Waals surface area contributed by atoms with Crippen molar-refractivity contribution in [2.45, 2.75) is 33.6 Å². The van der Waals surface area contributed by atoms with Crippen LogP contribution >= 0.6 is 0 Å². The molecule has 0 aliphatic carbocycles. The molecule has 122 valence electrons. The number of hydrogen-bond donors (Lipinski definition) is 0. The summed E-state index contributed by atoms with van der Waals surface area (Å²) in [6, 6.07) is 6.17. The number of hydrogen-bond acceptors (Lipinski definition) is 4. The number of ketones is 2. The van der Waals surface area contributed by atoms with E-state index in [1.807, 2.05) is 0 Å². The molecule has 1 rings (SSSR count). The Labute approximate surface area is 128 Å². The van der Waals surface area contributed by atoms with Gasteiger partial charge in [0.05, 0.1) is 19.4 Å². The van der Waals surface area contributed by atoms with Crippen LogP contribution in [0.5, 0.6) is 0 Å². The molecule has 0 spiro atoms. The second-order valence-electron chi connectivity index (χ2n) is 4.69. The highest BCUT2D eigenvalue weighted by Crippen LogP contribution is 2.13. The van der Waals surface area contributed by atoms with Crippen LogP contribution in [0.2, 0.25) is 0 Å². The average molecular weight is 314 g/mol. The Morgan fingerprint density at radius 2 is 1.68 bits per heavy atom. The van der Waals surface area contributed by atoms with Crippen molar-refractivity contribution in [3.63, 3.8) is 0 Å². The van der Waals surface area contributed by atoms with Crippen molar-refractivity contribution in [2.24, 2.45) is 5.92 Å². The van der Waals surface area contributed by atoms with Gasteiger partial charge in [0.1, 0.15) is 0 Å². The van der Waals surface area contributed by atoms with Crippen molar-refractivity contribution in [1.29, 1.82) is 0 Å². The highest BCUT2D eigenvalue weighted by atomic mass is 19.3. The summed E-state index contributed by atoms with van der Waals surface area (Å²) >= 11 is 0. The molecule has 0 aliphatic rings. The third-order valence-electron chi connectivity index (χ3n) is 3.00. The summed E-state index contributed by atoms with van der Waals surface area (Å²) in [7, 11) is 1.31. The molecular weight excluding hydrogens is 294 g/mol. The van der Waals surface area contributed by atoms with E-state index in [0.29, 0.717) is 6.42 Å². The average Bonchev–Trinajstić information content (AvgIpc) is 2.46. The van der Waals surface area contributed by atoms with E-state index in [9.17, 15) is 23.2 Å².